The van der Waals surface area contributed by atoms with Gasteiger partial charge in [0, 0.05) is 6.92 Å². The molecule has 2 N–H and O–H groups in total. The number of benzene rings is 1. The Morgan fingerprint density at radius 1 is 1.28 bits per heavy atom. The number of nitrogens with one attached hydrogen (secondary N) is 2. The molecule has 2 rings (SSSR count). The SMILES string of the molecule is COc1ccc(C(F)(F)F)cc1NC(=O)Cn1cc(NC(C)=O)nn1. The molecular formula is C14H14F3N5O3. The van der Waals surface area contributed by atoms with Gasteiger partial charge in [0.2, 0.25) is 11.8 Å². The van der Waals surface area contributed by atoms with Crippen LogP contribution in [0, 0.1) is 0 Å². The molecule has 134 valence electrons. The maximum Gasteiger partial charge on any atom is 0.416 e. The standard InChI is InChI=1S/C14H14F3N5O3/c1-8(23)18-12-6-22(21-20-12)7-13(24)19-10-5-9(14(15,16)17)3-4-11(10)25-2/h3-6H,7H2,1-2H3,(H,18,23)(H,19,24). The summed E-state index contributed by atoms with van der Waals surface area (Å²) in [5, 5.41) is 12.0. The lowest BCUT2D eigenvalue weighted by Gasteiger charge is -2.13. The minimum Gasteiger partial charge on any atom is -0.495 e. The lowest BCUT2D eigenvalue weighted by atomic mass is 10.1. The smallest absolute Gasteiger partial charge is 0.416 e. The molecule has 0 radical (unpaired) electrons. The minimum absolute atomic E-state index is 0.0823. The highest BCUT2D eigenvalue weighted by atomic mass is 19.4. The van der Waals surface area contributed by atoms with E-state index in [9.17, 15) is 22.8 Å². The second kappa shape index (κ2) is 7.20. The first-order chi connectivity index (χ1) is 11.7. The fourth-order valence-electron chi connectivity index (χ4n) is 1.93. The number of halogens is 3. The molecule has 0 aliphatic carbocycles. The zero-order valence-electron chi connectivity index (χ0n) is 13.2. The van der Waals surface area contributed by atoms with Crippen molar-refractivity contribution in [2.24, 2.45) is 0 Å². The molecule has 2 aromatic rings. The van der Waals surface area contributed by atoms with Crippen LogP contribution in [0.4, 0.5) is 24.7 Å². The average molecular weight is 357 g/mol. The molecule has 11 heteroatoms. The predicted molar refractivity (Wildman–Crippen MR) is 81.0 cm³/mol. The van der Waals surface area contributed by atoms with Crippen molar-refractivity contribution in [3.63, 3.8) is 0 Å². The number of rotatable bonds is 5. The Morgan fingerprint density at radius 2 is 2.00 bits per heavy atom. The monoisotopic (exact) mass is 357 g/mol. The number of amides is 2. The molecule has 1 aromatic carbocycles. The summed E-state index contributed by atoms with van der Waals surface area (Å²) in [6.07, 6.45) is -3.24. The number of nitrogens with zero attached hydrogens (tertiary/aromatic N) is 3. The number of carbonyl (C=O) groups is 2. The van der Waals surface area contributed by atoms with Crippen LogP contribution in [0.2, 0.25) is 0 Å². The molecule has 25 heavy (non-hydrogen) atoms. The molecule has 0 atom stereocenters. The molecular weight excluding hydrogens is 343 g/mol. The van der Waals surface area contributed by atoms with E-state index in [2.05, 4.69) is 20.9 Å². The summed E-state index contributed by atoms with van der Waals surface area (Å²) in [7, 11) is 1.27. The van der Waals surface area contributed by atoms with Gasteiger partial charge in [-0.2, -0.15) is 13.2 Å². The van der Waals surface area contributed by atoms with Gasteiger partial charge in [0.05, 0.1) is 24.6 Å². The summed E-state index contributed by atoms with van der Waals surface area (Å²) >= 11 is 0. The molecule has 0 saturated carbocycles. The predicted octanol–water partition coefficient (Wildman–Crippen LogP) is 1.90. The first kappa shape index (κ1) is 18.2. The third-order valence-corrected chi connectivity index (χ3v) is 2.95. The van der Waals surface area contributed by atoms with Gasteiger partial charge in [0.15, 0.2) is 5.82 Å². The number of methoxy groups -OCH3 is 1. The summed E-state index contributed by atoms with van der Waals surface area (Å²) in [5.74, 6) is -0.766. The molecule has 0 saturated heterocycles. The molecule has 0 aliphatic heterocycles. The summed E-state index contributed by atoms with van der Waals surface area (Å²) in [5.41, 5.74) is -1.04. The van der Waals surface area contributed by atoms with Gasteiger partial charge in [-0.3, -0.25) is 9.59 Å². The fourth-order valence-corrected chi connectivity index (χ4v) is 1.93. The third-order valence-electron chi connectivity index (χ3n) is 2.95. The van der Waals surface area contributed by atoms with Crippen LogP contribution in [0.15, 0.2) is 24.4 Å². The largest absolute Gasteiger partial charge is 0.495 e. The molecule has 8 nitrogen and oxygen atoms in total. The molecule has 1 aromatic heterocycles. The van der Waals surface area contributed by atoms with E-state index in [1.165, 1.54) is 20.2 Å². The van der Waals surface area contributed by atoms with Crippen molar-refractivity contribution in [2.75, 3.05) is 17.7 Å². The highest BCUT2D eigenvalue weighted by Gasteiger charge is 2.31. The highest BCUT2D eigenvalue weighted by molar-refractivity contribution is 5.92. The zero-order valence-corrected chi connectivity index (χ0v) is 13.2. The molecule has 0 fully saturated rings. The van der Waals surface area contributed by atoms with Crippen LogP contribution in [0.3, 0.4) is 0 Å². The highest BCUT2D eigenvalue weighted by Crippen LogP contribution is 2.34. The number of alkyl halides is 3. The van der Waals surface area contributed by atoms with E-state index in [1.54, 1.807) is 0 Å². The van der Waals surface area contributed by atoms with E-state index < -0.39 is 17.6 Å². The Bertz CT molecular complexity index is 788. The quantitative estimate of drug-likeness (QED) is 0.852. The van der Waals surface area contributed by atoms with Crippen molar-refractivity contribution < 1.29 is 27.5 Å². The lowest BCUT2D eigenvalue weighted by Crippen LogP contribution is -2.20. The summed E-state index contributed by atoms with van der Waals surface area (Å²) in [4.78, 5) is 22.9. The molecule has 0 bridgehead atoms. The van der Waals surface area contributed by atoms with E-state index in [-0.39, 0.29) is 29.7 Å². The first-order valence-corrected chi connectivity index (χ1v) is 6.92. The van der Waals surface area contributed by atoms with E-state index in [0.29, 0.717) is 0 Å². The van der Waals surface area contributed by atoms with Crippen LogP contribution < -0.4 is 15.4 Å². The fraction of sp³-hybridized carbons (Fsp3) is 0.286. The van der Waals surface area contributed by atoms with Gasteiger partial charge in [-0.15, -0.1) is 5.10 Å². The average Bonchev–Trinajstić information content (AvgIpc) is 2.92. The Balaban J connectivity index is 2.11. The molecule has 0 spiro atoms. The third kappa shape index (κ3) is 4.93. The number of carbonyl (C=O) groups excluding carboxylic acids is 2. The first-order valence-electron chi connectivity index (χ1n) is 6.92. The van der Waals surface area contributed by atoms with Crippen molar-refractivity contribution in [2.45, 2.75) is 19.6 Å². The molecule has 0 aliphatic rings. The summed E-state index contributed by atoms with van der Waals surface area (Å²) in [6.45, 7) is 0.970. The lowest BCUT2D eigenvalue weighted by molar-refractivity contribution is -0.137. The normalized spacial score (nSPS) is 11.1. The van der Waals surface area contributed by atoms with Crippen LogP contribution in [0.25, 0.3) is 0 Å². The molecule has 1 heterocycles. The van der Waals surface area contributed by atoms with E-state index in [0.717, 1.165) is 22.9 Å². The van der Waals surface area contributed by atoms with Gasteiger partial charge in [-0.25, -0.2) is 4.68 Å². The van der Waals surface area contributed by atoms with Gasteiger partial charge >= 0.3 is 6.18 Å². The maximum absolute atomic E-state index is 12.8. The van der Waals surface area contributed by atoms with Gasteiger partial charge < -0.3 is 15.4 Å². The Labute approximate surface area is 140 Å². The van der Waals surface area contributed by atoms with Crippen molar-refractivity contribution >= 4 is 23.3 Å². The van der Waals surface area contributed by atoms with Crippen LogP contribution in [0.5, 0.6) is 5.75 Å². The number of hydrogen-bond donors (Lipinski definition) is 2. The molecule has 2 amide bonds. The van der Waals surface area contributed by atoms with Crippen LogP contribution in [-0.2, 0) is 22.3 Å². The van der Waals surface area contributed by atoms with E-state index in [4.69, 9.17) is 4.74 Å². The Kier molecular flexibility index (Phi) is 5.25. The van der Waals surface area contributed by atoms with Crippen LogP contribution in [-0.4, -0.2) is 33.9 Å². The second-order valence-corrected chi connectivity index (χ2v) is 4.94. The van der Waals surface area contributed by atoms with Crippen molar-refractivity contribution in [1.82, 2.24) is 15.0 Å². The minimum atomic E-state index is -4.55. The second-order valence-electron chi connectivity index (χ2n) is 4.94. The van der Waals surface area contributed by atoms with Gasteiger partial charge in [-0.05, 0) is 18.2 Å². The summed E-state index contributed by atoms with van der Waals surface area (Å²) < 4.78 is 44.4. The number of aromatic nitrogens is 3. The maximum atomic E-state index is 12.8. The Hall–Kier alpha value is -3.11. The molecule has 0 unspecified atom stereocenters. The topological polar surface area (TPSA) is 98.1 Å². The number of anilines is 2. The van der Waals surface area contributed by atoms with Gasteiger partial charge in [-0.1, -0.05) is 5.21 Å². The van der Waals surface area contributed by atoms with E-state index >= 15 is 0 Å². The van der Waals surface area contributed by atoms with Crippen LogP contribution >= 0.6 is 0 Å². The van der Waals surface area contributed by atoms with Crippen molar-refractivity contribution in [3.8, 4) is 5.75 Å². The van der Waals surface area contributed by atoms with Crippen LogP contribution in [0.1, 0.15) is 12.5 Å². The van der Waals surface area contributed by atoms with Crippen molar-refractivity contribution in [1.29, 1.82) is 0 Å². The van der Waals surface area contributed by atoms with Gasteiger partial charge in [0.25, 0.3) is 0 Å². The van der Waals surface area contributed by atoms with Crippen molar-refractivity contribution in [3.05, 3.63) is 30.0 Å². The Morgan fingerprint density at radius 3 is 2.60 bits per heavy atom. The number of ether oxygens (including phenoxy) is 1. The zero-order chi connectivity index (χ0) is 18.6. The van der Waals surface area contributed by atoms with E-state index in [1.807, 2.05) is 0 Å². The van der Waals surface area contributed by atoms with Gasteiger partial charge in [0.1, 0.15) is 12.3 Å². The summed E-state index contributed by atoms with van der Waals surface area (Å²) in [6, 6.07) is 2.75. The number of hydrogen-bond acceptors (Lipinski definition) is 5.